The first kappa shape index (κ1) is 24.6. The van der Waals surface area contributed by atoms with E-state index in [1.807, 2.05) is 49.1 Å². The zero-order chi connectivity index (χ0) is 25.5. The molecule has 36 heavy (non-hydrogen) atoms. The number of rotatable bonds is 5. The fourth-order valence-electron chi connectivity index (χ4n) is 4.21. The van der Waals surface area contributed by atoms with E-state index in [1.165, 1.54) is 0 Å². The molecule has 0 amide bonds. The predicted octanol–water partition coefficient (Wildman–Crippen LogP) is 4.96. The number of aromatic hydroxyl groups is 1. The summed E-state index contributed by atoms with van der Waals surface area (Å²) in [6.07, 6.45) is 5.95. The Morgan fingerprint density at radius 2 is 1.44 bits per heavy atom. The summed E-state index contributed by atoms with van der Waals surface area (Å²) in [5.41, 5.74) is 2.38. The summed E-state index contributed by atoms with van der Waals surface area (Å²) in [6.45, 7) is 0. The summed E-state index contributed by atoms with van der Waals surface area (Å²) in [5.74, 6) is -2.15. The van der Waals surface area contributed by atoms with Gasteiger partial charge in [0.1, 0.15) is 18.1 Å². The van der Waals surface area contributed by atoms with E-state index in [-0.39, 0.29) is 5.75 Å². The lowest BCUT2D eigenvalue weighted by Crippen LogP contribution is -2.57. The highest BCUT2D eigenvalue weighted by molar-refractivity contribution is 6.31. The number of phenolic OH excluding ortho intramolecular Hbond substituents is 1. The van der Waals surface area contributed by atoms with E-state index in [0.717, 1.165) is 39.9 Å². The Morgan fingerprint density at radius 1 is 0.861 bits per heavy atom. The molecule has 0 radical (unpaired) electrons. The van der Waals surface area contributed by atoms with E-state index in [2.05, 4.69) is 64.1 Å². The fraction of sp³-hybridized carbons (Fsp3) is 0.0345. The SMILES string of the molecule is Clc1ccccc1C(c1ccccc1)(c1ccccc1)[n+]1cc[nH]c1.O=C(O)c1cc(O)ccc1[O-]. The molecule has 0 aliphatic carbocycles. The second-order valence-corrected chi connectivity index (χ2v) is 8.33. The molecule has 0 aliphatic rings. The van der Waals surface area contributed by atoms with E-state index >= 15 is 0 Å². The maximum absolute atomic E-state index is 10.7. The normalized spacial score (nSPS) is 10.8. The van der Waals surface area contributed by atoms with E-state index in [0.29, 0.717) is 0 Å². The highest BCUT2D eigenvalue weighted by atomic mass is 35.5. The van der Waals surface area contributed by atoms with Crippen LogP contribution in [0.1, 0.15) is 27.0 Å². The molecule has 180 valence electrons. The van der Waals surface area contributed by atoms with Crippen molar-refractivity contribution in [2.75, 3.05) is 0 Å². The van der Waals surface area contributed by atoms with Gasteiger partial charge in [0.2, 0.25) is 6.33 Å². The van der Waals surface area contributed by atoms with Gasteiger partial charge in [-0.3, -0.25) is 4.98 Å². The predicted molar refractivity (Wildman–Crippen MR) is 135 cm³/mol. The number of nitrogens with zero attached hydrogens (tertiary/aromatic N) is 1. The minimum Gasteiger partial charge on any atom is -0.872 e. The number of benzene rings is 4. The largest absolute Gasteiger partial charge is 0.872 e. The summed E-state index contributed by atoms with van der Waals surface area (Å²) >= 11 is 6.70. The van der Waals surface area contributed by atoms with Crippen LogP contribution < -0.4 is 9.67 Å². The van der Waals surface area contributed by atoms with Crippen molar-refractivity contribution in [2.24, 2.45) is 0 Å². The van der Waals surface area contributed by atoms with Gasteiger partial charge < -0.3 is 15.3 Å². The monoisotopic (exact) mass is 498 g/mol. The van der Waals surface area contributed by atoms with Crippen molar-refractivity contribution < 1.29 is 24.7 Å². The molecule has 0 saturated carbocycles. The molecule has 4 aromatic carbocycles. The van der Waals surface area contributed by atoms with Gasteiger partial charge in [0, 0.05) is 21.7 Å². The van der Waals surface area contributed by atoms with Crippen LogP contribution in [0.5, 0.6) is 11.5 Å². The summed E-state index contributed by atoms with van der Waals surface area (Å²) in [4.78, 5) is 13.4. The molecule has 0 fully saturated rings. The Morgan fingerprint density at radius 3 is 1.94 bits per heavy atom. The van der Waals surface area contributed by atoms with Gasteiger partial charge >= 0.3 is 5.97 Å². The van der Waals surface area contributed by atoms with Crippen LogP contribution in [0.4, 0.5) is 0 Å². The molecule has 3 N–H and O–H groups in total. The number of carboxylic acid groups (broad SMARTS) is 1. The average Bonchev–Trinajstić information content (AvgIpc) is 3.44. The van der Waals surface area contributed by atoms with Crippen LogP contribution in [0, 0.1) is 0 Å². The van der Waals surface area contributed by atoms with Crippen LogP contribution in [0.25, 0.3) is 0 Å². The Labute approximate surface area is 213 Å². The van der Waals surface area contributed by atoms with Gasteiger partial charge in [0.05, 0.1) is 5.56 Å². The molecule has 0 bridgehead atoms. The number of aromatic nitrogens is 2. The molecule has 0 atom stereocenters. The van der Waals surface area contributed by atoms with Crippen molar-refractivity contribution in [3.63, 3.8) is 0 Å². The third-order valence-corrected chi connectivity index (χ3v) is 6.10. The van der Waals surface area contributed by atoms with Gasteiger partial charge in [0.15, 0.2) is 5.54 Å². The van der Waals surface area contributed by atoms with Crippen LogP contribution >= 0.6 is 11.6 Å². The molecule has 7 heteroatoms. The van der Waals surface area contributed by atoms with Crippen LogP contribution in [-0.2, 0) is 5.54 Å². The zero-order valence-electron chi connectivity index (χ0n) is 19.1. The maximum Gasteiger partial charge on any atom is 0.335 e. The minimum absolute atomic E-state index is 0.220. The van der Waals surface area contributed by atoms with Gasteiger partial charge in [-0.25, -0.2) is 9.36 Å². The van der Waals surface area contributed by atoms with Gasteiger partial charge in [-0.05, 0) is 18.2 Å². The first-order chi connectivity index (χ1) is 17.4. The molecule has 5 rings (SSSR count). The van der Waals surface area contributed by atoms with E-state index in [4.69, 9.17) is 21.8 Å². The molecule has 0 saturated heterocycles. The summed E-state index contributed by atoms with van der Waals surface area (Å²) in [7, 11) is 0. The number of aromatic carboxylic acids is 1. The highest BCUT2D eigenvalue weighted by Crippen LogP contribution is 2.39. The molecule has 1 aromatic heterocycles. The maximum atomic E-state index is 10.7. The quantitative estimate of drug-likeness (QED) is 0.235. The van der Waals surface area contributed by atoms with Gasteiger partial charge in [0.25, 0.3) is 0 Å². The third kappa shape index (κ3) is 4.80. The van der Waals surface area contributed by atoms with Crippen LogP contribution in [-0.4, -0.2) is 21.2 Å². The summed E-state index contributed by atoms with van der Waals surface area (Å²) in [5, 5.41) is 28.6. The number of phenols is 1. The van der Waals surface area contributed by atoms with Crippen LogP contribution in [0.2, 0.25) is 5.02 Å². The molecule has 0 aliphatic heterocycles. The van der Waals surface area contributed by atoms with Crippen molar-refractivity contribution in [3.8, 4) is 11.5 Å². The number of aromatic amines is 1. The Kier molecular flexibility index (Phi) is 7.37. The Hall–Kier alpha value is -4.55. The standard InChI is InChI=1S/C22H17ClN2.C7H6O4/c23-21-14-8-7-13-20(21)22(25-16-15-24-17-25,18-9-3-1-4-10-18)19-11-5-2-6-12-19;8-4-1-2-6(9)5(3-4)7(10)11/h1-17H;1-3,8-9H,(H,10,11). The van der Waals surface area contributed by atoms with Crippen molar-refractivity contribution in [1.82, 2.24) is 4.98 Å². The van der Waals surface area contributed by atoms with Crippen molar-refractivity contribution in [3.05, 3.63) is 149 Å². The number of carbonyl (C=O) groups is 1. The smallest absolute Gasteiger partial charge is 0.335 e. The molecule has 1 heterocycles. The Balaban J connectivity index is 0.000000233. The lowest BCUT2D eigenvalue weighted by atomic mass is 9.76. The summed E-state index contributed by atoms with van der Waals surface area (Å²) < 4.78 is 2.18. The number of H-pyrrole nitrogens is 1. The van der Waals surface area contributed by atoms with E-state index < -0.39 is 22.8 Å². The second-order valence-electron chi connectivity index (χ2n) is 7.93. The number of hydrogen-bond acceptors (Lipinski definition) is 3. The van der Waals surface area contributed by atoms with Gasteiger partial charge in [-0.15, -0.1) is 0 Å². The number of hydrogen-bond donors (Lipinski definition) is 3. The molecular weight excluding hydrogens is 476 g/mol. The lowest BCUT2D eigenvalue weighted by molar-refractivity contribution is -0.733. The third-order valence-electron chi connectivity index (χ3n) is 5.77. The minimum atomic E-state index is -1.33. The molecule has 0 unspecified atom stereocenters. The molecule has 6 nitrogen and oxygen atoms in total. The van der Waals surface area contributed by atoms with Crippen molar-refractivity contribution >= 4 is 17.6 Å². The molecular formula is C29H23ClN2O4. The fourth-order valence-corrected chi connectivity index (χ4v) is 4.48. The molecule has 0 spiro atoms. The van der Waals surface area contributed by atoms with E-state index in [1.54, 1.807) is 0 Å². The zero-order valence-corrected chi connectivity index (χ0v) is 19.8. The average molecular weight is 499 g/mol. The highest BCUT2D eigenvalue weighted by Gasteiger charge is 2.43. The van der Waals surface area contributed by atoms with Crippen LogP contribution in [0.3, 0.4) is 0 Å². The van der Waals surface area contributed by atoms with Crippen molar-refractivity contribution in [1.29, 1.82) is 0 Å². The first-order valence-corrected chi connectivity index (χ1v) is 11.5. The molecule has 5 aromatic rings. The van der Waals surface area contributed by atoms with Gasteiger partial charge in [-0.2, -0.15) is 0 Å². The van der Waals surface area contributed by atoms with Crippen LogP contribution in [0.15, 0.2) is 122 Å². The van der Waals surface area contributed by atoms with Crippen molar-refractivity contribution in [2.45, 2.75) is 5.54 Å². The number of nitrogens with one attached hydrogen (secondary N) is 1. The van der Waals surface area contributed by atoms with E-state index in [9.17, 15) is 9.90 Å². The Bertz CT molecular complexity index is 1400. The first-order valence-electron chi connectivity index (χ1n) is 11.1. The lowest BCUT2D eigenvalue weighted by Gasteiger charge is -2.33. The number of halogens is 1. The second kappa shape index (κ2) is 10.8. The summed E-state index contributed by atoms with van der Waals surface area (Å²) in [6, 6.07) is 32.1. The topological polar surface area (TPSA) is 100 Å². The van der Waals surface area contributed by atoms with Gasteiger partial charge in [-0.1, -0.05) is 102 Å². The number of carboxylic acids is 1. The number of imidazole rings is 1.